The molecule has 7 aromatic carbocycles. The number of para-hydroxylation sites is 6. The molecule has 3 aromatic heterocycles. The summed E-state index contributed by atoms with van der Waals surface area (Å²) in [7, 11) is 0. The topological polar surface area (TPSA) is 14.8 Å². The molecule has 0 fully saturated rings. The van der Waals surface area contributed by atoms with Gasteiger partial charge in [0.05, 0.1) is 41.9 Å². The Morgan fingerprint density at radius 1 is 0.275 bits per heavy atom. The molecular weight excluding hydrogens is 619 g/mol. The van der Waals surface area contributed by atoms with E-state index in [1.807, 2.05) is 177 Å². The summed E-state index contributed by atoms with van der Waals surface area (Å²) >= 11 is 0. The molecule has 0 atom stereocenters. The third-order valence-electron chi connectivity index (χ3n) is 9.37. The molecule has 0 aliphatic carbocycles. The number of rotatable bonds is 6. The van der Waals surface area contributed by atoms with E-state index in [2.05, 4.69) is 0 Å². The summed E-state index contributed by atoms with van der Waals surface area (Å²) in [6.07, 6.45) is 0. The number of nitrogens with zero attached hydrogens (tertiary/aromatic N) is 3. The summed E-state index contributed by atoms with van der Waals surface area (Å²) in [6.45, 7) is 0. The summed E-state index contributed by atoms with van der Waals surface area (Å²) in [4.78, 5) is 0. The summed E-state index contributed by atoms with van der Waals surface area (Å²) in [5, 5.41) is 1.94. The zero-order valence-corrected chi connectivity index (χ0v) is 27.4. The Balaban J connectivity index is 1.44. The molecular formula is C48H33N3. The Morgan fingerprint density at radius 3 is 0.824 bits per heavy atom. The zero-order valence-electron chi connectivity index (χ0n) is 33.4. The van der Waals surface area contributed by atoms with Crippen molar-refractivity contribution in [1.29, 1.82) is 0 Å². The molecule has 0 radical (unpaired) electrons. The number of aromatic nitrogens is 3. The van der Waals surface area contributed by atoms with Gasteiger partial charge in [0.2, 0.25) is 0 Å². The third kappa shape index (κ3) is 4.90. The van der Waals surface area contributed by atoms with Crippen molar-refractivity contribution < 1.29 is 8.22 Å². The number of benzene rings is 7. The fraction of sp³-hybridized carbons (Fsp3) is 0. The molecule has 0 unspecified atom stereocenters. The van der Waals surface area contributed by atoms with Gasteiger partial charge in [-0.1, -0.05) is 109 Å². The van der Waals surface area contributed by atoms with Crippen LogP contribution in [0.3, 0.4) is 0 Å². The molecule has 0 saturated carbocycles. The first kappa shape index (κ1) is 23.5. The maximum absolute atomic E-state index is 10.2. The molecule has 3 heteroatoms. The zero-order chi connectivity index (χ0) is 38.9. The maximum atomic E-state index is 10.2. The largest absolute Gasteiger partial charge is 0.309 e. The lowest BCUT2D eigenvalue weighted by Crippen LogP contribution is -2.00. The lowest BCUT2D eigenvalue weighted by molar-refractivity contribution is 1.12. The fourth-order valence-electron chi connectivity index (χ4n) is 7.12. The first-order valence-corrected chi connectivity index (χ1v) is 17.0. The predicted octanol–water partition coefficient (Wildman–Crippen LogP) is 12.5. The van der Waals surface area contributed by atoms with Crippen LogP contribution in [0.15, 0.2) is 200 Å². The van der Waals surface area contributed by atoms with Crippen molar-refractivity contribution in [3.63, 3.8) is 0 Å². The van der Waals surface area contributed by atoms with E-state index in [9.17, 15) is 8.22 Å². The Kier molecular flexibility index (Phi) is 5.50. The van der Waals surface area contributed by atoms with E-state index in [-0.39, 0.29) is 52.9 Å². The van der Waals surface area contributed by atoms with Crippen LogP contribution in [0.1, 0.15) is 8.22 Å². The predicted molar refractivity (Wildman–Crippen MR) is 213 cm³/mol. The molecule has 0 spiro atoms. The van der Waals surface area contributed by atoms with E-state index < -0.39 is 0 Å². The standard InChI is InChI=1S/C48H33N3/c1-4-19-40(20-5-1)49-43-25-13-10-16-34(43)31-46(49)37-28-38(47-32-35-17-11-14-26-44(35)50(47)41-21-6-2-7-22-41)30-39(29-37)48-33-36-18-12-15-27-45(36)51(48)42-23-8-3-9-24-42/h1-33H/i28D,29D,30D,31D,32D,33D. The van der Waals surface area contributed by atoms with Gasteiger partial charge in [-0.05, 0) is 108 Å². The van der Waals surface area contributed by atoms with Crippen LogP contribution in [0, 0.1) is 0 Å². The summed E-state index contributed by atoms with van der Waals surface area (Å²) in [5.41, 5.74) is 5.82. The normalized spacial score (nSPS) is 13.2. The average Bonchev–Trinajstić information content (AvgIpc) is 3.83. The van der Waals surface area contributed by atoms with Crippen molar-refractivity contribution in [3.8, 4) is 50.8 Å². The molecule has 10 rings (SSSR count). The smallest absolute Gasteiger partial charge is 0.0652 e. The van der Waals surface area contributed by atoms with Crippen LogP contribution in [-0.4, -0.2) is 13.7 Å². The molecule has 51 heavy (non-hydrogen) atoms. The Morgan fingerprint density at radius 2 is 0.529 bits per heavy atom. The van der Waals surface area contributed by atoms with Crippen LogP contribution in [0.25, 0.3) is 83.5 Å². The van der Waals surface area contributed by atoms with Crippen molar-refractivity contribution in [2.24, 2.45) is 0 Å². The average molecular weight is 658 g/mol. The van der Waals surface area contributed by atoms with E-state index in [4.69, 9.17) is 0 Å². The van der Waals surface area contributed by atoms with Crippen molar-refractivity contribution in [3.05, 3.63) is 200 Å². The first-order valence-electron chi connectivity index (χ1n) is 20.0. The minimum absolute atomic E-state index is 0.134. The lowest BCUT2D eigenvalue weighted by atomic mass is 9.98. The van der Waals surface area contributed by atoms with Gasteiger partial charge < -0.3 is 13.7 Å². The van der Waals surface area contributed by atoms with Gasteiger partial charge in [0.25, 0.3) is 0 Å². The van der Waals surface area contributed by atoms with E-state index >= 15 is 0 Å². The summed E-state index contributed by atoms with van der Waals surface area (Å²) < 4.78 is 65.6. The highest BCUT2D eigenvalue weighted by atomic mass is 15.0. The molecule has 3 nitrogen and oxygen atoms in total. The second-order valence-electron chi connectivity index (χ2n) is 12.5. The highest BCUT2D eigenvalue weighted by molar-refractivity contribution is 5.95. The number of hydrogen-bond donors (Lipinski definition) is 0. The summed E-state index contributed by atoms with van der Waals surface area (Å²) in [6, 6.07) is 51.6. The fourth-order valence-corrected chi connectivity index (χ4v) is 7.12. The van der Waals surface area contributed by atoms with Gasteiger partial charge in [0, 0.05) is 33.2 Å². The highest BCUT2D eigenvalue weighted by Crippen LogP contribution is 2.41. The number of hydrogen-bond acceptors (Lipinski definition) is 0. The van der Waals surface area contributed by atoms with E-state index in [1.165, 1.54) is 0 Å². The molecule has 240 valence electrons. The van der Waals surface area contributed by atoms with Gasteiger partial charge in [-0.2, -0.15) is 0 Å². The van der Waals surface area contributed by atoms with Crippen LogP contribution < -0.4 is 0 Å². The lowest BCUT2D eigenvalue weighted by Gasteiger charge is -2.17. The van der Waals surface area contributed by atoms with E-state index in [1.54, 1.807) is 0 Å². The first-order chi connectivity index (χ1) is 27.9. The molecule has 0 N–H and O–H groups in total. The van der Waals surface area contributed by atoms with Crippen LogP contribution in [0.5, 0.6) is 0 Å². The van der Waals surface area contributed by atoms with Crippen molar-refractivity contribution >= 4 is 32.7 Å². The van der Waals surface area contributed by atoms with Gasteiger partial charge in [-0.25, -0.2) is 0 Å². The van der Waals surface area contributed by atoms with Crippen LogP contribution in [-0.2, 0) is 0 Å². The van der Waals surface area contributed by atoms with Crippen LogP contribution >= 0.6 is 0 Å². The minimum atomic E-state index is -0.148. The minimum Gasteiger partial charge on any atom is -0.309 e. The van der Waals surface area contributed by atoms with Gasteiger partial charge in [0.15, 0.2) is 0 Å². The van der Waals surface area contributed by atoms with Crippen molar-refractivity contribution in [2.45, 2.75) is 0 Å². The molecule has 0 aliphatic rings. The molecule has 0 amide bonds. The highest BCUT2D eigenvalue weighted by Gasteiger charge is 2.20. The Hall–Kier alpha value is -6.84. The number of fused-ring (bicyclic) bond motifs is 3. The molecule has 3 heterocycles. The molecule has 0 aliphatic heterocycles. The Labute approximate surface area is 305 Å². The summed E-state index contributed by atoms with van der Waals surface area (Å²) in [5.74, 6) is 0. The van der Waals surface area contributed by atoms with E-state index in [0.717, 1.165) is 33.6 Å². The maximum Gasteiger partial charge on any atom is 0.0652 e. The van der Waals surface area contributed by atoms with Crippen LogP contribution in [0.2, 0.25) is 0 Å². The SMILES string of the molecule is [2H]c1c(-c2c([2H])c3ccccc3n2-c2ccccc2)c([2H])c(-c2c([2H])c3ccccc3n2-c2ccccc2)c([2H])c1-c1c([2H])c2ccccc2n1-c1ccccc1. The second kappa shape index (κ2) is 11.9. The van der Waals surface area contributed by atoms with Gasteiger partial charge >= 0.3 is 0 Å². The van der Waals surface area contributed by atoms with Crippen LogP contribution in [0.4, 0.5) is 0 Å². The van der Waals surface area contributed by atoms with E-state index in [0.29, 0.717) is 33.2 Å². The third-order valence-corrected chi connectivity index (χ3v) is 9.37. The molecule has 10 aromatic rings. The molecule has 0 saturated heterocycles. The van der Waals surface area contributed by atoms with Gasteiger partial charge in [0.1, 0.15) is 0 Å². The van der Waals surface area contributed by atoms with Gasteiger partial charge in [-0.3, -0.25) is 0 Å². The Bertz CT molecular complexity index is 2820. The monoisotopic (exact) mass is 657 g/mol. The quantitative estimate of drug-likeness (QED) is 0.169. The van der Waals surface area contributed by atoms with Gasteiger partial charge in [-0.15, -0.1) is 0 Å². The van der Waals surface area contributed by atoms with Crippen molar-refractivity contribution in [1.82, 2.24) is 13.7 Å². The second-order valence-corrected chi connectivity index (χ2v) is 12.5. The molecule has 0 bridgehead atoms. The van der Waals surface area contributed by atoms with Crippen molar-refractivity contribution in [2.75, 3.05) is 0 Å².